The molecule has 3 rings (SSSR count). The van der Waals surface area contributed by atoms with Crippen LogP contribution in [0.4, 0.5) is 0 Å². The Balaban J connectivity index is 1.47. The van der Waals surface area contributed by atoms with Gasteiger partial charge in [-0.15, -0.1) is 0 Å². The summed E-state index contributed by atoms with van der Waals surface area (Å²) in [6, 6.07) is 15.1. The number of nitrogens with one attached hydrogen (secondary N) is 1. The lowest BCUT2D eigenvalue weighted by Crippen LogP contribution is -3.11. The van der Waals surface area contributed by atoms with Gasteiger partial charge in [0.2, 0.25) is 0 Å². The molecular weight excluding hydrogens is 246 g/mol. The van der Waals surface area contributed by atoms with Crippen molar-refractivity contribution < 1.29 is 9.32 Å². The molecule has 0 radical (unpaired) electrons. The molecule has 2 heteroatoms. The number of benzene rings is 1. The molecule has 0 bridgehead atoms. The first kappa shape index (κ1) is 13.4. The molecule has 1 aromatic carbocycles. The van der Waals surface area contributed by atoms with Crippen molar-refractivity contribution in [2.45, 2.75) is 32.7 Å². The van der Waals surface area contributed by atoms with Crippen molar-refractivity contribution in [3.05, 3.63) is 59.5 Å². The highest BCUT2D eigenvalue weighted by Gasteiger charge is 2.23. The van der Waals surface area contributed by atoms with E-state index < -0.39 is 0 Å². The van der Waals surface area contributed by atoms with Gasteiger partial charge in [0.05, 0.1) is 13.1 Å². The maximum absolute atomic E-state index is 5.69. The Labute approximate surface area is 121 Å². The third-order valence-electron chi connectivity index (χ3n) is 4.40. The molecule has 0 saturated carbocycles. The number of piperidine rings is 1. The van der Waals surface area contributed by atoms with Crippen molar-refractivity contribution in [3.8, 4) is 0 Å². The molecule has 106 valence electrons. The highest BCUT2D eigenvalue weighted by Crippen LogP contribution is 2.16. The summed E-state index contributed by atoms with van der Waals surface area (Å²) >= 11 is 0. The summed E-state index contributed by atoms with van der Waals surface area (Å²) < 4.78 is 5.69. The SMILES string of the molecule is Cc1ccc(C[NH+]2CCC(Cc3ccccc3)CC2)o1. The van der Waals surface area contributed by atoms with Crippen molar-refractivity contribution in [1.82, 2.24) is 0 Å². The predicted molar refractivity (Wildman–Crippen MR) is 80.7 cm³/mol. The maximum Gasteiger partial charge on any atom is 0.158 e. The molecule has 0 atom stereocenters. The molecular formula is C18H24NO+. The van der Waals surface area contributed by atoms with Crippen LogP contribution in [0.2, 0.25) is 0 Å². The highest BCUT2D eigenvalue weighted by atomic mass is 16.3. The van der Waals surface area contributed by atoms with E-state index in [0.717, 1.165) is 24.0 Å². The van der Waals surface area contributed by atoms with Crippen molar-refractivity contribution in [1.29, 1.82) is 0 Å². The Morgan fingerprint density at radius 3 is 2.45 bits per heavy atom. The van der Waals surface area contributed by atoms with Crippen LogP contribution in [-0.4, -0.2) is 13.1 Å². The average Bonchev–Trinajstić information content (AvgIpc) is 2.88. The Hall–Kier alpha value is -1.54. The van der Waals surface area contributed by atoms with Crippen molar-refractivity contribution in [3.63, 3.8) is 0 Å². The van der Waals surface area contributed by atoms with Gasteiger partial charge in [0.1, 0.15) is 12.3 Å². The van der Waals surface area contributed by atoms with E-state index in [2.05, 4.69) is 42.5 Å². The van der Waals surface area contributed by atoms with Crippen LogP contribution < -0.4 is 4.90 Å². The molecule has 1 aromatic heterocycles. The zero-order valence-electron chi connectivity index (χ0n) is 12.3. The quantitative estimate of drug-likeness (QED) is 0.904. The topological polar surface area (TPSA) is 17.6 Å². The molecule has 2 aromatic rings. The van der Waals surface area contributed by atoms with Crippen LogP contribution in [0.3, 0.4) is 0 Å². The van der Waals surface area contributed by atoms with E-state index in [0.29, 0.717) is 0 Å². The van der Waals surface area contributed by atoms with E-state index in [1.54, 1.807) is 4.90 Å². The lowest BCUT2D eigenvalue weighted by atomic mass is 9.90. The fraction of sp³-hybridized carbons (Fsp3) is 0.444. The zero-order chi connectivity index (χ0) is 13.8. The Morgan fingerprint density at radius 1 is 1.05 bits per heavy atom. The number of hydrogen-bond acceptors (Lipinski definition) is 1. The fourth-order valence-corrected chi connectivity index (χ4v) is 3.24. The minimum Gasteiger partial charge on any atom is -0.460 e. The first-order chi connectivity index (χ1) is 9.79. The molecule has 1 N–H and O–H groups in total. The molecule has 1 aliphatic rings. The number of likely N-dealkylation sites (tertiary alicyclic amines) is 1. The molecule has 20 heavy (non-hydrogen) atoms. The molecule has 1 fully saturated rings. The van der Waals surface area contributed by atoms with E-state index in [1.807, 2.05) is 6.92 Å². The van der Waals surface area contributed by atoms with E-state index >= 15 is 0 Å². The molecule has 1 aliphatic heterocycles. The Bertz CT molecular complexity index is 523. The second-order valence-corrected chi connectivity index (χ2v) is 6.07. The summed E-state index contributed by atoms with van der Waals surface area (Å²) in [5, 5.41) is 0. The number of furan rings is 1. The van der Waals surface area contributed by atoms with Crippen LogP contribution in [0.1, 0.15) is 29.9 Å². The van der Waals surface area contributed by atoms with E-state index in [9.17, 15) is 0 Å². The summed E-state index contributed by atoms with van der Waals surface area (Å²) in [5.41, 5.74) is 1.49. The van der Waals surface area contributed by atoms with E-state index in [-0.39, 0.29) is 0 Å². The second-order valence-electron chi connectivity index (χ2n) is 6.07. The van der Waals surface area contributed by atoms with Gasteiger partial charge >= 0.3 is 0 Å². The number of rotatable bonds is 4. The van der Waals surface area contributed by atoms with E-state index in [4.69, 9.17) is 4.42 Å². The van der Waals surface area contributed by atoms with E-state index in [1.165, 1.54) is 37.9 Å². The average molecular weight is 270 g/mol. The number of quaternary nitrogens is 1. The monoisotopic (exact) mass is 270 g/mol. The standard InChI is InChI=1S/C18H23NO/c1-15-7-8-18(20-15)14-19-11-9-17(10-12-19)13-16-5-3-2-4-6-16/h2-8,17H,9-14H2,1H3/p+1. The summed E-state index contributed by atoms with van der Waals surface area (Å²) in [5.74, 6) is 3.02. The molecule has 0 amide bonds. The van der Waals surface area contributed by atoms with Crippen LogP contribution in [0, 0.1) is 12.8 Å². The largest absolute Gasteiger partial charge is 0.460 e. The molecule has 0 aliphatic carbocycles. The smallest absolute Gasteiger partial charge is 0.158 e. The van der Waals surface area contributed by atoms with Gasteiger partial charge in [-0.1, -0.05) is 30.3 Å². The van der Waals surface area contributed by atoms with Gasteiger partial charge in [-0.3, -0.25) is 0 Å². The van der Waals surface area contributed by atoms with Crippen molar-refractivity contribution in [2.24, 2.45) is 5.92 Å². The molecule has 0 unspecified atom stereocenters. The summed E-state index contributed by atoms with van der Waals surface area (Å²) in [6.45, 7) is 5.62. The summed E-state index contributed by atoms with van der Waals surface area (Å²) in [4.78, 5) is 1.67. The zero-order valence-corrected chi connectivity index (χ0v) is 12.3. The predicted octanol–water partition coefficient (Wildman–Crippen LogP) is 2.63. The highest BCUT2D eigenvalue weighted by molar-refractivity contribution is 5.15. The maximum atomic E-state index is 5.69. The van der Waals surface area contributed by atoms with Gasteiger partial charge in [0.15, 0.2) is 5.76 Å². The van der Waals surface area contributed by atoms with Crippen molar-refractivity contribution >= 4 is 0 Å². The van der Waals surface area contributed by atoms with Crippen LogP contribution in [0.25, 0.3) is 0 Å². The molecule has 1 saturated heterocycles. The van der Waals surface area contributed by atoms with Gasteiger partial charge in [-0.05, 0) is 49.8 Å². The minimum absolute atomic E-state index is 0.861. The molecule has 2 heterocycles. The van der Waals surface area contributed by atoms with Crippen molar-refractivity contribution in [2.75, 3.05) is 13.1 Å². The van der Waals surface area contributed by atoms with Gasteiger partial charge in [-0.25, -0.2) is 0 Å². The normalized spacial score (nSPS) is 22.9. The summed E-state index contributed by atoms with van der Waals surface area (Å²) in [6.07, 6.45) is 3.92. The van der Waals surface area contributed by atoms with Crippen LogP contribution in [-0.2, 0) is 13.0 Å². The minimum atomic E-state index is 0.861. The Kier molecular flexibility index (Phi) is 4.22. The van der Waals surface area contributed by atoms with Gasteiger partial charge in [-0.2, -0.15) is 0 Å². The second kappa shape index (κ2) is 6.27. The van der Waals surface area contributed by atoms with Crippen LogP contribution in [0.15, 0.2) is 46.9 Å². The first-order valence-corrected chi connectivity index (χ1v) is 7.72. The third-order valence-corrected chi connectivity index (χ3v) is 4.40. The van der Waals surface area contributed by atoms with Gasteiger partial charge in [0, 0.05) is 0 Å². The number of hydrogen-bond donors (Lipinski definition) is 1. The van der Waals surface area contributed by atoms with Crippen LogP contribution in [0.5, 0.6) is 0 Å². The van der Waals surface area contributed by atoms with Crippen LogP contribution >= 0.6 is 0 Å². The fourth-order valence-electron chi connectivity index (χ4n) is 3.24. The lowest BCUT2D eigenvalue weighted by Gasteiger charge is -2.28. The number of aryl methyl sites for hydroxylation is 1. The molecule has 2 nitrogen and oxygen atoms in total. The Morgan fingerprint density at radius 2 is 1.80 bits per heavy atom. The lowest BCUT2D eigenvalue weighted by molar-refractivity contribution is -0.920. The van der Waals surface area contributed by atoms with Gasteiger partial charge < -0.3 is 9.32 Å². The summed E-state index contributed by atoms with van der Waals surface area (Å²) in [7, 11) is 0. The van der Waals surface area contributed by atoms with Gasteiger partial charge in [0.25, 0.3) is 0 Å². The first-order valence-electron chi connectivity index (χ1n) is 7.72. The molecule has 0 spiro atoms. The third kappa shape index (κ3) is 3.51.